The number of nitrogens with one attached hydrogen (secondary N) is 1. The van der Waals surface area contributed by atoms with Gasteiger partial charge in [-0.3, -0.25) is 9.48 Å². The fourth-order valence-corrected chi connectivity index (χ4v) is 3.99. The van der Waals surface area contributed by atoms with Crippen molar-refractivity contribution in [2.24, 2.45) is 13.0 Å². The predicted molar refractivity (Wildman–Crippen MR) is 90.1 cm³/mol. The smallest absolute Gasteiger partial charge is 0.223 e. The third kappa shape index (κ3) is 3.16. The summed E-state index contributed by atoms with van der Waals surface area (Å²) in [5.74, 6) is 0.464. The molecule has 23 heavy (non-hydrogen) atoms. The highest BCUT2D eigenvalue weighted by Crippen LogP contribution is 2.37. The monoisotopic (exact) mass is 333 g/mol. The van der Waals surface area contributed by atoms with Gasteiger partial charge in [0.05, 0.1) is 12.2 Å². The zero-order chi connectivity index (χ0) is 16.6. The Balaban J connectivity index is 1.69. The predicted octanol–water partition coefficient (Wildman–Crippen LogP) is 1.80. The van der Waals surface area contributed by atoms with E-state index >= 15 is 0 Å². The normalized spacial score (nSPS) is 21.4. The molecule has 1 aliphatic heterocycles. The van der Waals surface area contributed by atoms with E-state index in [1.54, 1.807) is 11.3 Å². The van der Waals surface area contributed by atoms with E-state index in [0.29, 0.717) is 6.42 Å². The van der Waals surface area contributed by atoms with Crippen LogP contribution in [-0.2, 0) is 18.4 Å². The van der Waals surface area contributed by atoms with Gasteiger partial charge in [0.1, 0.15) is 5.01 Å². The topological polar surface area (TPSA) is 63.1 Å². The lowest BCUT2D eigenvalue weighted by molar-refractivity contribution is -0.127. The number of thiazole rings is 1. The summed E-state index contributed by atoms with van der Waals surface area (Å²) < 4.78 is 1.87. The number of likely N-dealkylation sites (tertiary alicyclic amines) is 1. The number of nitrogens with zero attached hydrogens (tertiary/aromatic N) is 4. The maximum absolute atomic E-state index is 12.2. The van der Waals surface area contributed by atoms with Crippen LogP contribution in [0.4, 0.5) is 0 Å². The quantitative estimate of drug-likeness (QED) is 0.906. The molecule has 3 heterocycles. The van der Waals surface area contributed by atoms with Gasteiger partial charge < -0.3 is 10.2 Å². The summed E-state index contributed by atoms with van der Waals surface area (Å²) in [5, 5.41) is 11.0. The molecule has 0 radical (unpaired) electrons. The number of carbonyl (C=O) groups excluding carboxylic acids is 1. The first kappa shape index (κ1) is 16.1. The van der Waals surface area contributed by atoms with Gasteiger partial charge in [-0.25, -0.2) is 4.98 Å². The SMILES string of the molecule is Cc1csc(CNC[C@@H]2CC(=O)N(C)[C@H]2c2cnn(C)c2C)n1. The van der Waals surface area contributed by atoms with E-state index in [9.17, 15) is 4.79 Å². The van der Waals surface area contributed by atoms with Crippen LogP contribution in [0.1, 0.15) is 34.4 Å². The molecule has 1 N–H and O–H groups in total. The average molecular weight is 333 g/mol. The molecule has 7 heteroatoms. The van der Waals surface area contributed by atoms with Gasteiger partial charge in [-0.05, 0) is 13.8 Å². The van der Waals surface area contributed by atoms with Crippen LogP contribution in [0, 0.1) is 19.8 Å². The summed E-state index contributed by atoms with van der Waals surface area (Å²) in [6, 6.07) is 0.0988. The molecule has 2 aromatic heterocycles. The van der Waals surface area contributed by atoms with Crippen LogP contribution in [0.3, 0.4) is 0 Å². The highest BCUT2D eigenvalue weighted by atomic mass is 32.1. The fraction of sp³-hybridized carbons (Fsp3) is 0.562. The molecule has 0 unspecified atom stereocenters. The van der Waals surface area contributed by atoms with Crippen molar-refractivity contribution in [1.82, 2.24) is 25.0 Å². The van der Waals surface area contributed by atoms with E-state index in [1.165, 1.54) is 0 Å². The van der Waals surface area contributed by atoms with Crippen molar-refractivity contribution >= 4 is 17.2 Å². The molecule has 2 aromatic rings. The summed E-state index contributed by atoms with van der Waals surface area (Å²) in [6.45, 7) is 5.62. The highest BCUT2D eigenvalue weighted by molar-refractivity contribution is 7.09. The van der Waals surface area contributed by atoms with E-state index in [-0.39, 0.29) is 17.9 Å². The molecular weight excluding hydrogens is 310 g/mol. The van der Waals surface area contributed by atoms with Gasteiger partial charge in [0.15, 0.2) is 0 Å². The first-order chi connectivity index (χ1) is 11.0. The molecule has 1 saturated heterocycles. The van der Waals surface area contributed by atoms with Crippen molar-refractivity contribution in [3.63, 3.8) is 0 Å². The van der Waals surface area contributed by atoms with Gasteiger partial charge in [0.25, 0.3) is 0 Å². The Morgan fingerprint density at radius 3 is 2.78 bits per heavy atom. The van der Waals surface area contributed by atoms with Crippen molar-refractivity contribution in [2.45, 2.75) is 32.9 Å². The van der Waals surface area contributed by atoms with Gasteiger partial charge in [0, 0.05) is 61.9 Å². The van der Waals surface area contributed by atoms with Crippen molar-refractivity contribution in [2.75, 3.05) is 13.6 Å². The van der Waals surface area contributed by atoms with E-state index in [4.69, 9.17) is 0 Å². The Morgan fingerprint density at radius 2 is 2.17 bits per heavy atom. The molecule has 3 rings (SSSR count). The van der Waals surface area contributed by atoms with E-state index in [0.717, 1.165) is 35.0 Å². The van der Waals surface area contributed by atoms with Crippen LogP contribution in [0.15, 0.2) is 11.6 Å². The number of aromatic nitrogens is 3. The molecule has 1 amide bonds. The minimum atomic E-state index is 0.0988. The second-order valence-electron chi connectivity index (χ2n) is 6.24. The van der Waals surface area contributed by atoms with Crippen LogP contribution in [0.5, 0.6) is 0 Å². The average Bonchev–Trinajstić information content (AvgIpc) is 3.14. The first-order valence-electron chi connectivity index (χ1n) is 7.83. The molecule has 2 atom stereocenters. The van der Waals surface area contributed by atoms with Gasteiger partial charge in [-0.2, -0.15) is 5.10 Å². The summed E-state index contributed by atoms with van der Waals surface area (Å²) in [5.41, 5.74) is 3.33. The minimum Gasteiger partial charge on any atom is -0.338 e. The van der Waals surface area contributed by atoms with Crippen LogP contribution >= 0.6 is 11.3 Å². The Hall–Kier alpha value is -1.73. The zero-order valence-corrected chi connectivity index (χ0v) is 14.9. The summed E-state index contributed by atoms with van der Waals surface area (Å²) in [6.07, 6.45) is 2.48. The summed E-state index contributed by atoms with van der Waals surface area (Å²) in [4.78, 5) is 18.5. The number of amides is 1. The van der Waals surface area contributed by atoms with Crippen LogP contribution in [-0.4, -0.2) is 39.2 Å². The van der Waals surface area contributed by atoms with Crippen LogP contribution in [0.25, 0.3) is 0 Å². The molecule has 0 spiro atoms. The Labute approximate surface area is 140 Å². The lowest BCUT2D eigenvalue weighted by atomic mass is 9.94. The Morgan fingerprint density at radius 1 is 1.39 bits per heavy atom. The number of carbonyl (C=O) groups is 1. The van der Waals surface area contributed by atoms with Gasteiger partial charge >= 0.3 is 0 Å². The van der Waals surface area contributed by atoms with Gasteiger partial charge in [-0.1, -0.05) is 0 Å². The van der Waals surface area contributed by atoms with Crippen molar-refractivity contribution in [1.29, 1.82) is 0 Å². The van der Waals surface area contributed by atoms with E-state index in [1.807, 2.05) is 36.8 Å². The van der Waals surface area contributed by atoms with Crippen molar-refractivity contribution in [3.8, 4) is 0 Å². The van der Waals surface area contributed by atoms with E-state index < -0.39 is 0 Å². The molecule has 1 fully saturated rings. The molecule has 0 bridgehead atoms. The maximum Gasteiger partial charge on any atom is 0.223 e. The zero-order valence-electron chi connectivity index (χ0n) is 14.0. The standard InChI is InChI=1S/C16H23N5OS/c1-10-9-23-14(19-10)8-17-6-12-5-15(22)20(3)16(12)13-7-18-21(4)11(13)2/h7,9,12,16-17H,5-6,8H2,1-4H3/t12-,16+/m0/s1. The summed E-state index contributed by atoms with van der Waals surface area (Å²) >= 11 is 1.67. The molecular formula is C16H23N5OS. The lowest BCUT2D eigenvalue weighted by Crippen LogP contribution is -2.29. The van der Waals surface area contributed by atoms with Crippen LogP contribution in [0.2, 0.25) is 0 Å². The lowest BCUT2D eigenvalue weighted by Gasteiger charge is -2.25. The number of aryl methyl sites for hydroxylation is 2. The number of hydrogen-bond donors (Lipinski definition) is 1. The third-order valence-electron chi connectivity index (χ3n) is 4.64. The van der Waals surface area contributed by atoms with Gasteiger partial charge in [-0.15, -0.1) is 11.3 Å². The van der Waals surface area contributed by atoms with Gasteiger partial charge in [0.2, 0.25) is 5.91 Å². The highest BCUT2D eigenvalue weighted by Gasteiger charge is 2.39. The van der Waals surface area contributed by atoms with Crippen LogP contribution < -0.4 is 5.32 Å². The molecule has 0 aliphatic carbocycles. The summed E-state index contributed by atoms with van der Waals surface area (Å²) in [7, 11) is 3.83. The largest absolute Gasteiger partial charge is 0.338 e. The third-order valence-corrected chi connectivity index (χ3v) is 5.60. The van der Waals surface area contributed by atoms with E-state index in [2.05, 4.69) is 27.7 Å². The van der Waals surface area contributed by atoms with Crippen molar-refractivity contribution in [3.05, 3.63) is 33.5 Å². The number of hydrogen-bond acceptors (Lipinski definition) is 5. The second-order valence-corrected chi connectivity index (χ2v) is 7.18. The molecule has 1 aliphatic rings. The van der Waals surface area contributed by atoms with Crippen molar-refractivity contribution < 1.29 is 4.79 Å². The maximum atomic E-state index is 12.2. The molecule has 124 valence electrons. The minimum absolute atomic E-state index is 0.0988. The Bertz CT molecular complexity index is 707. The first-order valence-corrected chi connectivity index (χ1v) is 8.71. The molecule has 6 nitrogen and oxygen atoms in total. The Kier molecular flexibility index (Phi) is 4.50. The molecule has 0 aromatic carbocycles. The number of rotatable bonds is 5. The molecule has 0 saturated carbocycles. The fourth-order valence-electron chi connectivity index (χ4n) is 3.25. The second kappa shape index (κ2) is 6.41.